The van der Waals surface area contributed by atoms with Gasteiger partial charge in [0.25, 0.3) is 0 Å². The lowest BCUT2D eigenvalue weighted by atomic mass is 10.1. The Hall–Kier alpha value is -3.22. The van der Waals surface area contributed by atoms with Crippen molar-refractivity contribution in [2.45, 2.75) is 20.4 Å². The maximum atomic E-state index is 12.5. The molecule has 7 nitrogen and oxygen atoms in total. The van der Waals surface area contributed by atoms with Crippen molar-refractivity contribution >= 4 is 17.5 Å². The molecule has 0 bridgehead atoms. The molecule has 0 unspecified atom stereocenters. The molecule has 0 heterocycles. The third-order valence-electron chi connectivity index (χ3n) is 4.22. The summed E-state index contributed by atoms with van der Waals surface area (Å²) in [5, 5.41) is 2.77. The Balaban J connectivity index is 2.12. The summed E-state index contributed by atoms with van der Waals surface area (Å²) in [6, 6.07) is 11.1. The molecule has 7 heteroatoms. The van der Waals surface area contributed by atoms with Crippen molar-refractivity contribution in [3.63, 3.8) is 0 Å². The number of rotatable bonds is 8. The first kappa shape index (κ1) is 21.1. The number of methoxy groups -OCH3 is 3. The largest absolute Gasteiger partial charge is 0.493 e. The molecule has 0 atom stereocenters. The molecule has 28 heavy (non-hydrogen) atoms. The van der Waals surface area contributed by atoms with Crippen molar-refractivity contribution in [1.82, 2.24) is 4.90 Å². The second-order valence-electron chi connectivity index (χ2n) is 6.32. The summed E-state index contributed by atoms with van der Waals surface area (Å²) in [4.78, 5) is 26.0. The molecule has 2 rings (SSSR count). The summed E-state index contributed by atoms with van der Waals surface area (Å²) in [5.41, 5.74) is 2.58. The molecule has 2 aromatic rings. The number of anilines is 1. The molecule has 0 radical (unpaired) electrons. The summed E-state index contributed by atoms with van der Waals surface area (Å²) in [6.45, 7) is 3.73. The van der Waals surface area contributed by atoms with Gasteiger partial charge in [0.1, 0.15) is 6.54 Å². The zero-order chi connectivity index (χ0) is 20.7. The minimum Gasteiger partial charge on any atom is -0.493 e. The van der Waals surface area contributed by atoms with Gasteiger partial charge < -0.3 is 24.4 Å². The van der Waals surface area contributed by atoms with Crippen LogP contribution in [0.1, 0.15) is 18.1 Å². The lowest BCUT2D eigenvalue weighted by molar-refractivity contribution is -0.133. The molecular formula is C21H26N2O5. The molecule has 150 valence electrons. The minimum absolute atomic E-state index is 0.0696. The molecule has 0 saturated carbocycles. The molecule has 0 saturated heterocycles. The van der Waals surface area contributed by atoms with Crippen LogP contribution in [0, 0.1) is 6.92 Å². The number of aryl methyl sites for hydroxylation is 1. The van der Waals surface area contributed by atoms with Crippen LogP contribution in [0.15, 0.2) is 36.4 Å². The number of nitrogens with one attached hydrogen (secondary N) is 1. The average molecular weight is 386 g/mol. The molecule has 0 aliphatic carbocycles. The summed E-state index contributed by atoms with van der Waals surface area (Å²) in [5.74, 6) is 0.797. The van der Waals surface area contributed by atoms with Crippen LogP contribution >= 0.6 is 0 Å². The lowest BCUT2D eigenvalue weighted by Crippen LogP contribution is -2.36. The zero-order valence-electron chi connectivity index (χ0n) is 16.9. The molecule has 2 amide bonds. The number of amides is 2. The van der Waals surface area contributed by atoms with Crippen LogP contribution in [-0.4, -0.2) is 44.6 Å². The van der Waals surface area contributed by atoms with Gasteiger partial charge in [-0.2, -0.15) is 0 Å². The second-order valence-corrected chi connectivity index (χ2v) is 6.32. The number of hydrogen-bond donors (Lipinski definition) is 1. The van der Waals surface area contributed by atoms with Gasteiger partial charge in [0, 0.05) is 31.3 Å². The highest BCUT2D eigenvalue weighted by Crippen LogP contribution is 2.39. The van der Waals surface area contributed by atoms with E-state index in [2.05, 4.69) is 5.32 Å². The van der Waals surface area contributed by atoms with Gasteiger partial charge in [0.2, 0.25) is 17.6 Å². The van der Waals surface area contributed by atoms with Crippen LogP contribution in [0.25, 0.3) is 0 Å². The molecular weight excluding hydrogens is 360 g/mol. The number of ether oxygens (including phenoxy) is 3. The van der Waals surface area contributed by atoms with Crippen molar-refractivity contribution < 1.29 is 23.8 Å². The van der Waals surface area contributed by atoms with Gasteiger partial charge in [-0.1, -0.05) is 29.8 Å². The van der Waals surface area contributed by atoms with Crippen LogP contribution in [0.2, 0.25) is 0 Å². The standard InChI is InChI=1S/C21H26N2O5/c1-14-6-8-16(9-7-14)12-23(15(2)24)13-20(25)22-17-10-18(26-3)21(28-5)19(11-17)27-4/h6-11H,12-13H2,1-5H3,(H,22,25). The maximum absolute atomic E-state index is 12.5. The quantitative estimate of drug-likeness (QED) is 0.755. The lowest BCUT2D eigenvalue weighted by Gasteiger charge is -2.21. The second kappa shape index (κ2) is 9.64. The molecule has 0 fully saturated rings. The number of nitrogens with zero attached hydrogens (tertiary/aromatic N) is 1. The first-order chi connectivity index (χ1) is 13.4. The summed E-state index contributed by atoms with van der Waals surface area (Å²) in [6.07, 6.45) is 0. The smallest absolute Gasteiger partial charge is 0.244 e. The van der Waals surface area contributed by atoms with E-state index in [1.54, 1.807) is 12.1 Å². The third-order valence-corrected chi connectivity index (χ3v) is 4.22. The van der Waals surface area contributed by atoms with Gasteiger partial charge in [-0.25, -0.2) is 0 Å². The van der Waals surface area contributed by atoms with E-state index in [1.807, 2.05) is 31.2 Å². The SMILES string of the molecule is COc1cc(NC(=O)CN(Cc2ccc(C)cc2)C(C)=O)cc(OC)c1OC. The van der Waals surface area contributed by atoms with Crippen LogP contribution in [-0.2, 0) is 16.1 Å². The van der Waals surface area contributed by atoms with E-state index in [0.717, 1.165) is 11.1 Å². The first-order valence-electron chi connectivity index (χ1n) is 8.78. The molecule has 2 aromatic carbocycles. The van der Waals surface area contributed by atoms with Crippen LogP contribution in [0.5, 0.6) is 17.2 Å². The van der Waals surface area contributed by atoms with Gasteiger partial charge in [-0.05, 0) is 12.5 Å². The van der Waals surface area contributed by atoms with Crippen molar-refractivity contribution in [3.8, 4) is 17.2 Å². The molecule has 0 aliphatic heterocycles. The Labute approximate surface area is 165 Å². The van der Waals surface area contributed by atoms with Crippen molar-refractivity contribution in [3.05, 3.63) is 47.5 Å². The van der Waals surface area contributed by atoms with Crippen LogP contribution in [0.3, 0.4) is 0 Å². The topological polar surface area (TPSA) is 77.1 Å². The highest BCUT2D eigenvalue weighted by atomic mass is 16.5. The summed E-state index contributed by atoms with van der Waals surface area (Å²) in [7, 11) is 4.51. The highest BCUT2D eigenvalue weighted by molar-refractivity contribution is 5.94. The van der Waals surface area contributed by atoms with E-state index < -0.39 is 0 Å². The average Bonchev–Trinajstić information content (AvgIpc) is 2.68. The molecule has 0 aromatic heterocycles. The van der Waals surface area contributed by atoms with E-state index in [9.17, 15) is 9.59 Å². The van der Waals surface area contributed by atoms with Crippen molar-refractivity contribution in [2.75, 3.05) is 33.2 Å². The van der Waals surface area contributed by atoms with E-state index >= 15 is 0 Å². The Morgan fingerprint density at radius 1 is 0.964 bits per heavy atom. The monoisotopic (exact) mass is 386 g/mol. The first-order valence-corrected chi connectivity index (χ1v) is 8.78. The zero-order valence-corrected chi connectivity index (χ0v) is 16.9. The van der Waals surface area contributed by atoms with Gasteiger partial charge in [-0.15, -0.1) is 0 Å². The van der Waals surface area contributed by atoms with E-state index in [1.165, 1.54) is 33.2 Å². The Bertz CT molecular complexity index is 808. The van der Waals surface area contributed by atoms with Gasteiger partial charge >= 0.3 is 0 Å². The predicted octanol–water partition coefficient (Wildman–Crippen LogP) is 3.01. The Morgan fingerprint density at radius 2 is 1.54 bits per heavy atom. The molecule has 1 N–H and O–H groups in total. The Morgan fingerprint density at radius 3 is 2.00 bits per heavy atom. The fourth-order valence-electron chi connectivity index (χ4n) is 2.72. The molecule has 0 aliphatic rings. The van der Waals surface area contributed by atoms with E-state index in [0.29, 0.717) is 29.5 Å². The predicted molar refractivity (Wildman–Crippen MR) is 107 cm³/mol. The summed E-state index contributed by atoms with van der Waals surface area (Å²) < 4.78 is 15.8. The third kappa shape index (κ3) is 5.39. The van der Waals surface area contributed by atoms with E-state index in [-0.39, 0.29) is 18.4 Å². The minimum atomic E-state index is -0.323. The maximum Gasteiger partial charge on any atom is 0.244 e. The van der Waals surface area contributed by atoms with Crippen molar-refractivity contribution in [2.24, 2.45) is 0 Å². The molecule has 0 spiro atoms. The number of carbonyl (C=O) groups is 2. The fourth-order valence-corrected chi connectivity index (χ4v) is 2.72. The highest BCUT2D eigenvalue weighted by Gasteiger charge is 2.17. The van der Waals surface area contributed by atoms with Crippen LogP contribution < -0.4 is 19.5 Å². The Kier molecular flexibility index (Phi) is 7.26. The van der Waals surface area contributed by atoms with E-state index in [4.69, 9.17) is 14.2 Å². The summed E-state index contributed by atoms with van der Waals surface area (Å²) >= 11 is 0. The van der Waals surface area contributed by atoms with Gasteiger partial charge in [-0.3, -0.25) is 9.59 Å². The normalized spacial score (nSPS) is 10.2. The number of hydrogen-bond acceptors (Lipinski definition) is 5. The van der Waals surface area contributed by atoms with Crippen molar-refractivity contribution in [1.29, 1.82) is 0 Å². The fraction of sp³-hybridized carbons (Fsp3) is 0.333. The number of benzene rings is 2. The van der Waals surface area contributed by atoms with Crippen LogP contribution in [0.4, 0.5) is 5.69 Å². The van der Waals surface area contributed by atoms with Gasteiger partial charge in [0.05, 0.1) is 21.3 Å². The van der Waals surface area contributed by atoms with Gasteiger partial charge in [0.15, 0.2) is 11.5 Å². The number of carbonyl (C=O) groups excluding carboxylic acids is 2.